The highest BCUT2D eigenvalue weighted by atomic mass is 35.5. The molecule has 0 aromatic carbocycles. The van der Waals surface area contributed by atoms with E-state index in [1.807, 2.05) is 38.7 Å². The van der Waals surface area contributed by atoms with Crippen LogP contribution in [0.4, 0.5) is 0 Å². The van der Waals surface area contributed by atoms with Crippen LogP contribution in [0.25, 0.3) is 11.3 Å². The maximum atomic E-state index is 13.3. The van der Waals surface area contributed by atoms with Crippen molar-refractivity contribution in [2.75, 3.05) is 39.3 Å². The molecule has 19 heteroatoms. The molecule has 2 saturated carbocycles. The first-order valence-corrected chi connectivity index (χ1v) is 21.7. The first-order chi connectivity index (χ1) is 28.5. The van der Waals surface area contributed by atoms with Gasteiger partial charge in [0.05, 0.1) is 23.5 Å². The Hall–Kier alpha value is -4.42. The average molecular weight is 886 g/mol. The summed E-state index contributed by atoms with van der Waals surface area (Å²) in [6.45, 7) is 19.6. The van der Waals surface area contributed by atoms with Gasteiger partial charge in [0, 0.05) is 50.4 Å². The van der Waals surface area contributed by atoms with Gasteiger partial charge in [0.1, 0.15) is 27.3 Å². The Morgan fingerprint density at radius 1 is 0.705 bits per heavy atom. The zero-order chi connectivity index (χ0) is 44.8. The van der Waals surface area contributed by atoms with Crippen molar-refractivity contribution in [2.24, 2.45) is 0 Å². The number of hydrogen-bond donors (Lipinski definition) is 4. The lowest BCUT2D eigenvalue weighted by atomic mass is 9.78. The summed E-state index contributed by atoms with van der Waals surface area (Å²) < 4.78 is 3.17. The van der Waals surface area contributed by atoms with Crippen LogP contribution in [-0.4, -0.2) is 144 Å². The van der Waals surface area contributed by atoms with Crippen LogP contribution in [0.5, 0.6) is 0 Å². The number of hydrogen-bond acceptors (Lipinski definition) is 11. The smallest absolute Gasteiger partial charge is 0.335 e. The third kappa shape index (κ3) is 9.50. The van der Waals surface area contributed by atoms with Crippen LogP contribution in [0.3, 0.4) is 0 Å². The van der Waals surface area contributed by atoms with Gasteiger partial charge in [-0.25, -0.2) is 23.8 Å². The molecule has 4 aromatic heterocycles. The van der Waals surface area contributed by atoms with Gasteiger partial charge < -0.3 is 35.3 Å². The van der Waals surface area contributed by atoms with Crippen LogP contribution < -0.4 is 5.32 Å². The number of aliphatic carboxylic acids is 1. The molecule has 4 aliphatic rings. The molecule has 6 heterocycles. The zero-order valence-corrected chi connectivity index (χ0v) is 37.7. The predicted octanol–water partition coefficient (Wildman–Crippen LogP) is 4.80. The summed E-state index contributed by atoms with van der Waals surface area (Å²) in [5.41, 5.74) is 0.540. The largest absolute Gasteiger partial charge is 0.479 e. The Bertz CT molecular complexity index is 2320. The van der Waals surface area contributed by atoms with Gasteiger partial charge in [-0.2, -0.15) is 10.2 Å². The number of halogens is 2. The van der Waals surface area contributed by atoms with E-state index in [0.717, 1.165) is 37.1 Å². The molecule has 332 valence electrons. The van der Waals surface area contributed by atoms with Crippen LogP contribution in [0.2, 0.25) is 10.3 Å². The Morgan fingerprint density at radius 2 is 1.16 bits per heavy atom. The van der Waals surface area contributed by atoms with Gasteiger partial charge in [-0.15, -0.1) is 0 Å². The Kier molecular flexibility index (Phi) is 13.1. The van der Waals surface area contributed by atoms with E-state index in [4.69, 9.17) is 33.4 Å². The molecular weight excluding hydrogens is 827 g/mol. The van der Waals surface area contributed by atoms with Crippen molar-refractivity contribution >= 4 is 58.2 Å². The first kappa shape index (κ1) is 46.1. The van der Waals surface area contributed by atoms with Gasteiger partial charge >= 0.3 is 5.97 Å². The molecule has 2 saturated heterocycles. The fourth-order valence-corrected chi connectivity index (χ4v) is 8.48. The number of fused-ring (bicyclic) bond motifs is 2. The Labute approximate surface area is 365 Å². The minimum Gasteiger partial charge on any atom is -0.479 e. The average Bonchev–Trinajstić information content (AvgIpc) is 3.79. The lowest BCUT2D eigenvalue weighted by Crippen LogP contribution is -2.65. The van der Waals surface area contributed by atoms with Crippen molar-refractivity contribution in [3.63, 3.8) is 0 Å². The fourth-order valence-electron chi connectivity index (χ4n) is 8.08. The van der Waals surface area contributed by atoms with E-state index in [0.29, 0.717) is 84.9 Å². The quantitative estimate of drug-likeness (QED) is 0.206. The molecule has 0 atom stereocenters. The molecule has 4 fully saturated rings. The number of nitrogens with zero attached hydrogens (tertiary/aromatic N) is 9. The molecule has 17 nitrogen and oxygen atoms in total. The van der Waals surface area contributed by atoms with Gasteiger partial charge in [0.15, 0.2) is 16.9 Å². The summed E-state index contributed by atoms with van der Waals surface area (Å²) in [7, 11) is 0. The number of rotatable bonds is 6. The zero-order valence-electron chi connectivity index (χ0n) is 36.2. The van der Waals surface area contributed by atoms with Gasteiger partial charge in [0.25, 0.3) is 17.7 Å². The highest BCUT2D eigenvalue weighted by Crippen LogP contribution is 2.35. The SMILES string of the molecule is CC(C)c1cc(Cl)nn2cc(C(=O)N3CCN(C(=O)C4(O)CCC4)CC3(C)C)nc12.CC(C)c1cc(Cl)nn2cc(C(=O)N3CCNCC3(C)C)nc12.O=C(O)C1(O)CCC1. The number of piperazine rings is 2. The second kappa shape index (κ2) is 17.4. The summed E-state index contributed by atoms with van der Waals surface area (Å²) in [5.74, 6) is -1.13. The van der Waals surface area contributed by atoms with Crippen molar-refractivity contribution in [3.8, 4) is 0 Å². The maximum Gasteiger partial charge on any atom is 0.335 e. The third-order valence-electron chi connectivity index (χ3n) is 12.2. The van der Waals surface area contributed by atoms with Gasteiger partial charge in [0.2, 0.25) is 0 Å². The molecule has 3 amide bonds. The number of imidazole rings is 2. The lowest BCUT2D eigenvalue weighted by molar-refractivity contribution is -0.167. The summed E-state index contributed by atoms with van der Waals surface area (Å²) in [4.78, 5) is 63.4. The molecule has 61 heavy (non-hydrogen) atoms. The minimum atomic E-state index is -1.36. The predicted molar refractivity (Wildman–Crippen MR) is 229 cm³/mol. The monoisotopic (exact) mass is 884 g/mol. The third-order valence-corrected chi connectivity index (χ3v) is 12.5. The van der Waals surface area contributed by atoms with Crippen LogP contribution >= 0.6 is 23.2 Å². The highest BCUT2D eigenvalue weighted by Gasteiger charge is 2.48. The summed E-state index contributed by atoms with van der Waals surface area (Å²) in [6, 6.07) is 3.60. The first-order valence-electron chi connectivity index (χ1n) is 20.9. The number of carbonyl (C=O) groups excluding carboxylic acids is 3. The molecule has 4 N–H and O–H groups in total. The molecule has 2 aliphatic carbocycles. The second-order valence-corrected chi connectivity index (χ2v) is 19.2. The van der Waals surface area contributed by atoms with E-state index in [-0.39, 0.29) is 35.1 Å². The van der Waals surface area contributed by atoms with Crippen molar-refractivity contribution in [1.29, 1.82) is 0 Å². The van der Waals surface area contributed by atoms with E-state index in [1.54, 1.807) is 37.3 Å². The molecule has 4 aromatic rings. The molecule has 0 spiro atoms. The highest BCUT2D eigenvalue weighted by molar-refractivity contribution is 6.29. The summed E-state index contributed by atoms with van der Waals surface area (Å²) in [5, 5.41) is 40.1. The van der Waals surface area contributed by atoms with Gasteiger partial charge in [-0.3, -0.25) is 14.4 Å². The number of carboxylic acids is 1. The Morgan fingerprint density at radius 3 is 1.52 bits per heavy atom. The lowest BCUT2D eigenvalue weighted by Gasteiger charge is -2.49. The van der Waals surface area contributed by atoms with Crippen LogP contribution in [0.15, 0.2) is 24.5 Å². The van der Waals surface area contributed by atoms with E-state index < -0.39 is 22.7 Å². The molecular formula is C42H58Cl2N10O7. The molecule has 0 unspecified atom stereocenters. The maximum absolute atomic E-state index is 13.3. The number of aliphatic hydroxyl groups is 2. The van der Waals surface area contributed by atoms with E-state index >= 15 is 0 Å². The summed E-state index contributed by atoms with van der Waals surface area (Å²) >= 11 is 12.2. The van der Waals surface area contributed by atoms with Crippen molar-refractivity contribution in [2.45, 2.75) is 128 Å². The standard InChI is InChI=1S/C21H28ClN5O3.C16H22ClN5O.C5H8O3/c1-13(2)14-10-16(22)24-27-11-15(23-17(14)27)18(28)26-9-8-25(12-20(26,3)4)19(29)21(30)6-5-7-21;1-10(2)11-7-13(17)20-22-8-12(19-14(11)22)15(23)21-6-5-18-9-16(21,3)4;6-4(7)5(8)2-1-3-5/h10-11,13,30H,5-9,12H2,1-4H3;7-8,10,18H,5-6,9H2,1-4H3;8H,1-3H2,(H,6,7). The van der Waals surface area contributed by atoms with Crippen LogP contribution in [0.1, 0.15) is 138 Å². The molecule has 0 radical (unpaired) electrons. The van der Waals surface area contributed by atoms with Gasteiger partial charge in [-0.05, 0) is 90.2 Å². The molecule has 2 aliphatic heterocycles. The molecule has 8 rings (SSSR count). The number of aromatic nitrogens is 6. The normalized spacial score (nSPS) is 20.0. The van der Waals surface area contributed by atoms with Crippen LogP contribution in [-0.2, 0) is 9.59 Å². The van der Waals surface area contributed by atoms with E-state index in [2.05, 4.69) is 53.2 Å². The fraction of sp³-hybridized carbons (Fsp3) is 0.619. The van der Waals surface area contributed by atoms with Crippen molar-refractivity contribution < 1.29 is 34.5 Å². The van der Waals surface area contributed by atoms with Crippen LogP contribution in [0, 0.1) is 0 Å². The van der Waals surface area contributed by atoms with Crippen molar-refractivity contribution in [1.82, 2.24) is 49.2 Å². The number of nitrogens with one attached hydrogen (secondary N) is 1. The van der Waals surface area contributed by atoms with Gasteiger partial charge in [-0.1, -0.05) is 50.9 Å². The Balaban J connectivity index is 0.000000177. The molecule has 0 bridgehead atoms. The number of carbonyl (C=O) groups is 4. The summed E-state index contributed by atoms with van der Waals surface area (Å²) in [6.07, 6.45) is 6.86. The van der Waals surface area contributed by atoms with E-state index in [9.17, 15) is 24.3 Å². The number of carboxylic acid groups (broad SMARTS) is 1. The second-order valence-electron chi connectivity index (χ2n) is 18.5. The van der Waals surface area contributed by atoms with Crippen molar-refractivity contribution in [3.05, 3.63) is 57.3 Å². The number of amides is 3. The van der Waals surface area contributed by atoms with E-state index in [1.165, 1.54) is 0 Å². The minimum absolute atomic E-state index is 0.0622. The topological polar surface area (TPSA) is 211 Å².